The Morgan fingerprint density at radius 1 is 0.620 bits per heavy atom. The van der Waals surface area contributed by atoms with Gasteiger partial charge in [0.15, 0.2) is 5.96 Å². The number of amides is 9. The van der Waals surface area contributed by atoms with E-state index in [1.165, 1.54) is 18.7 Å². The summed E-state index contributed by atoms with van der Waals surface area (Å²) in [6, 6.07) is 0.148. The number of nitrogens with one attached hydrogen (secondary N) is 9. The lowest BCUT2D eigenvalue weighted by Gasteiger charge is -2.24. The molecule has 1 rings (SSSR count). The standard InChI is InChI=1S/C44H74N14O12S/c1-25(2)19-31(41(67)58-32(43(69)70)20-27-11-6-5-7-12-27)54-36(62)23-52-39(65)29(14-10-17-49-44(47)48)57-42(68)33(24-59)55-35(61)22-50-34(60)21-51-37(63)26(3)53-40(66)30(13-8-9-16-45)56-38(64)28(46)15-18-71-4/h5-7,11-12,25-26,28-33,59H,8-10,13-24,45-46H2,1-4H3,(H,50,60)(H,51,63)(H,52,65)(H,53,66)(H,54,62)(H,55,61)(H,56,64)(H,57,68)(H,58,67)(H,69,70)(H4,47,48,49)/t26-,28-,29-,30-,31-,32-,33-/m0/s1. The average Bonchev–Trinajstić information content (AvgIpc) is 3.32. The quantitative estimate of drug-likeness (QED) is 0.0172. The lowest BCUT2D eigenvalue weighted by molar-refractivity contribution is -0.142. The van der Waals surface area contributed by atoms with Crippen LogP contribution in [0.1, 0.15) is 71.3 Å². The Hall–Kier alpha value is -6.58. The first-order valence-corrected chi connectivity index (χ1v) is 24.5. The number of aliphatic hydroxyl groups is 1. The summed E-state index contributed by atoms with van der Waals surface area (Å²) in [5.41, 5.74) is 23.0. The first-order valence-electron chi connectivity index (χ1n) is 23.1. The van der Waals surface area contributed by atoms with Crippen LogP contribution in [0.3, 0.4) is 0 Å². The summed E-state index contributed by atoms with van der Waals surface area (Å²) in [7, 11) is 0. The maximum absolute atomic E-state index is 13.4. The van der Waals surface area contributed by atoms with Gasteiger partial charge in [-0.15, -0.1) is 0 Å². The van der Waals surface area contributed by atoms with Gasteiger partial charge in [-0.3, -0.25) is 48.1 Å². The smallest absolute Gasteiger partial charge is 0.326 e. The van der Waals surface area contributed by atoms with Crippen LogP contribution in [0.5, 0.6) is 0 Å². The highest BCUT2D eigenvalue weighted by Gasteiger charge is 2.30. The first-order chi connectivity index (χ1) is 33.6. The highest BCUT2D eigenvalue weighted by molar-refractivity contribution is 7.98. The van der Waals surface area contributed by atoms with E-state index in [1.807, 2.05) is 6.26 Å². The van der Waals surface area contributed by atoms with Crippen molar-refractivity contribution in [3.05, 3.63) is 35.9 Å². The number of unbranched alkanes of at least 4 members (excludes halogenated alkanes) is 1. The predicted molar refractivity (Wildman–Crippen MR) is 264 cm³/mol. The normalized spacial score (nSPS) is 13.8. The van der Waals surface area contributed by atoms with Gasteiger partial charge in [0, 0.05) is 13.0 Å². The number of rotatable bonds is 35. The Bertz CT molecular complexity index is 1940. The zero-order valence-corrected chi connectivity index (χ0v) is 41.6. The summed E-state index contributed by atoms with van der Waals surface area (Å²) < 4.78 is 0. The average molecular weight is 1020 g/mol. The van der Waals surface area contributed by atoms with E-state index in [0.717, 1.165) is 0 Å². The first kappa shape index (κ1) is 62.4. The largest absolute Gasteiger partial charge is 0.480 e. The maximum atomic E-state index is 13.4. The fourth-order valence-corrected chi connectivity index (χ4v) is 6.89. The molecule has 0 saturated carbocycles. The van der Waals surface area contributed by atoms with Gasteiger partial charge in [0.25, 0.3) is 0 Å². The number of aliphatic imine (C=N–C) groups is 1. The summed E-state index contributed by atoms with van der Waals surface area (Å²) in [4.78, 5) is 133. The third-order valence-electron chi connectivity index (χ3n) is 10.3. The van der Waals surface area contributed by atoms with Crippen molar-refractivity contribution >= 4 is 76.9 Å². The molecule has 0 heterocycles. The number of nitrogens with two attached hydrogens (primary N) is 4. The number of aliphatic carboxylic acids is 1. The molecule has 0 aromatic heterocycles. The molecule has 26 nitrogen and oxygen atoms in total. The molecule has 27 heteroatoms. The number of hydrogen-bond donors (Lipinski definition) is 15. The Morgan fingerprint density at radius 2 is 1.15 bits per heavy atom. The molecule has 0 spiro atoms. The molecule has 19 N–H and O–H groups in total. The van der Waals surface area contributed by atoms with Crippen LogP contribution in [-0.4, -0.2) is 169 Å². The van der Waals surface area contributed by atoms with E-state index >= 15 is 0 Å². The topological polar surface area (TPSA) is 436 Å². The van der Waals surface area contributed by atoms with Crippen molar-refractivity contribution < 1.29 is 58.2 Å². The summed E-state index contributed by atoms with van der Waals surface area (Å²) >= 11 is 1.51. The van der Waals surface area contributed by atoms with E-state index in [2.05, 4.69) is 52.8 Å². The van der Waals surface area contributed by atoms with E-state index < -0.39 is 128 Å². The van der Waals surface area contributed by atoms with Gasteiger partial charge < -0.3 is 81.0 Å². The lowest BCUT2D eigenvalue weighted by atomic mass is 10.0. The van der Waals surface area contributed by atoms with Crippen molar-refractivity contribution in [1.82, 2.24) is 47.9 Å². The molecule has 7 atom stereocenters. The van der Waals surface area contributed by atoms with Gasteiger partial charge in [0.1, 0.15) is 36.3 Å². The molecule has 0 aliphatic carbocycles. The van der Waals surface area contributed by atoms with Gasteiger partial charge in [-0.2, -0.15) is 11.8 Å². The molecule has 0 radical (unpaired) electrons. The molecule has 0 aliphatic rings. The third-order valence-corrected chi connectivity index (χ3v) is 10.9. The minimum Gasteiger partial charge on any atom is -0.480 e. The zero-order chi connectivity index (χ0) is 53.5. The second-order valence-corrected chi connectivity index (χ2v) is 17.8. The van der Waals surface area contributed by atoms with Crippen LogP contribution in [0.4, 0.5) is 0 Å². The number of hydrogen-bond acceptors (Lipinski definition) is 15. The number of benzene rings is 1. The molecule has 1 aromatic carbocycles. The van der Waals surface area contributed by atoms with Crippen LogP contribution in [0, 0.1) is 5.92 Å². The van der Waals surface area contributed by atoms with Crippen molar-refractivity contribution in [3.8, 4) is 0 Å². The molecule has 398 valence electrons. The predicted octanol–water partition coefficient (Wildman–Crippen LogP) is -5.11. The Labute approximate surface area is 417 Å². The molecule has 0 aliphatic heterocycles. The molecular weight excluding hydrogens is 949 g/mol. The van der Waals surface area contributed by atoms with Crippen molar-refractivity contribution in [2.24, 2.45) is 33.8 Å². The van der Waals surface area contributed by atoms with E-state index in [-0.39, 0.29) is 50.5 Å². The van der Waals surface area contributed by atoms with E-state index in [9.17, 15) is 58.2 Å². The number of guanidine groups is 1. The summed E-state index contributed by atoms with van der Waals surface area (Å²) in [6.07, 6.45) is 3.74. The Kier molecular flexibility index (Phi) is 30.5. The number of carbonyl (C=O) groups excluding carboxylic acids is 9. The minimum atomic E-state index is -1.64. The highest BCUT2D eigenvalue weighted by Crippen LogP contribution is 2.09. The molecule has 0 fully saturated rings. The van der Waals surface area contributed by atoms with Crippen LogP contribution in [0.2, 0.25) is 0 Å². The van der Waals surface area contributed by atoms with Crippen molar-refractivity contribution in [2.45, 2.75) is 114 Å². The molecular formula is C44H74N14O12S. The van der Waals surface area contributed by atoms with Crippen LogP contribution in [0.25, 0.3) is 0 Å². The SMILES string of the molecule is CSCC[C@H](N)C(=O)N[C@@H](CCCCN)C(=O)N[C@@H](C)C(=O)NCC(=O)NCC(=O)N[C@@H](CO)C(=O)N[C@@H](CCCN=C(N)N)C(=O)NCC(=O)N[C@@H](CC(C)C)C(=O)N[C@@H](Cc1ccccc1)C(=O)O. The van der Waals surface area contributed by atoms with E-state index in [1.54, 1.807) is 44.2 Å². The van der Waals surface area contributed by atoms with E-state index in [0.29, 0.717) is 37.1 Å². The fourth-order valence-electron chi connectivity index (χ4n) is 6.40. The molecule has 1 aromatic rings. The number of carbonyl (C=O) groups is 10. The highest BCUT2D eigenvalue weighted by atomic mass is 32.2. The molecule has 0 bridgehead atoms. The van der Waals surface area contributed by atoms with Gasteiger partial charge in [0.05, 0.1) is 32.3 Å². The maximum Gasteiger partial charge on any atom is 0.326 e. The monoisotopic (exact) mass is 1020 g/mol. The number of thioether (sulfide) groups is 1. The van der Waals surface area contributed by atoms with Crippen LogP contribution >= 0.6 is 11.8 Å². The Morgan fingerprint density at radius 3 is 1.75 bits per heavy atom. The van der Waals surface area contributed by atoms with Crippen LogP contribution in [-0.2, 0) is 54.4 Å². The van der Waals surface area contributed by atoms with Gasteiger partial charge >= 0.3 is 5.97 Å². The van der Waals surface area contributed by atoms with Gasteiger partial charge in [-0.1, -0.05) is 44.2 Å². The molecule has 0 saturated heterocycles. The van der Waals surface area contributed by atoms with Crippen molar-refractivity contribution in [1.29, 1.82) is 0 Å². The number of aliphatic hydroxyl groups excluding tert-OH is 1. The van der Waals surface area contributed by atoms with Crippen LogP contribution < -0.4 is 70.8 Å². The third kappa shape index (κ3) is 26.8. The minimum absolute atomic E-state index is 0.0157. The van der Waals surface area contributed by atoms with Crippen molar-refractivity contribution in [3.63, 3.8) is 0 Å². The summed E-state index contributed by atoms with van der Waals surface area (Å²) in [5, 5.41) is 41.4. The fraction of sp³-hybridized carbons (Fsp3) is 0.614. The van der Waals surface area contributed by atoms with Gasteiger partial charge in [-0.25, -0.2) is 4.79 Å². The second kappa shape index (κ2) is 34.7. The van der Waals surface area contributed by atoms with E-state index in [4.69, 9.17) is 22.9 Å². The van der Waals surface area contributed by atoms with Crippen LogP contribution in [0.15, 0.2) is 35.3 Å². The number of carboxylic acids is 1. The second-order valence-electron chi connectivity index (χ2n) is 16.8. The lowest BCUT2D eigenvalue weighted by Crippen LogP contribution is -2.57. The molecule has 71 heavy (non-hydrogen) atoms. The van der Waals surface area contributed by atoms with Gasteiger partial charge in [-0.05, 0) is 81.9 Å². The Balaban J connectivity index is 2.85. The molecule has 0 unspecified atom stereocenters. The zero-order valence-electron chi connectivity index (χ0n) is 40.8. The van der Waals surface area contributed by atoms with Gasteiger partial charge in [0.2, 0.25) is 53.2 Å². The summed E-state index contributed by atoms with van der Waals surface area (Å²) in [5.74, 6) is -8.20. The number of carboxylic acid groups (broad SMARTS) is 1. The number of nitrogens with zero attached hydrogens (tertiary/aromatic N) is 1. The molecule has 9 amide bonds. The summed E-state index contributed by atoms with van der Waals surface area (Å²) in [6.45, 7) is 2.37. The van der Waals surface area contributed by atoms with Crippen molar-refractivity contribution in [2.75, 3.05) is 51.3 Å².